The molecule has 0 unspecified atom stereocenters. The fraction of sp³-hybridized carbons (Fsp3) is 0.100. The van der Waals surface area contributed by atoms with Crippen LogP contribution in [-0.4, -0.2) is 28.4 Å². The molecular formula is C20H14N2O3S. The largest absolute Gasteiger partial charge is 0.293 e. The van der Waals surface area contributed by atoms with Crippen molar-refractivity contribution in [2.45, 2.75) is 6.92 Å². The first kappa shape index (κ1) is 17.6. The zero-order chi connectivity index (χ0) is 18.7. The number of carbonyl (C=O) groups is 3. The second-order valence-electron chi connectivity index (χ2n) is 5.79. The Morgan fingerprint density at radius 1 is 1.12 bits per heavy atom. The number of rotatable bonds is 4. The topological polar surface area (TPSA) is 78.2 Å². The van der Waals surface area contributed by atoms with Gasteiger partial charge in [-0.15, -0.1) is 0 Å². The number of imide groups is 1. The normalized spacial score (nSPS) is 15.4. The molecule has 0 saturated carbocycles. The van der Waals surface area contributed by atoms with Crippen LogP contribution in [0.25, 0.3) is 6.08 Å². The zero-order valence-corrected chi connectivity index (χ0v) is 14.7. The highest BCUT2D eigenvalue weighted by molar-refractivity contribution is 8.18. The van der Waals surface area contributed by atoms with Crippen LogP contribution in [0.3, 0.4) is 0 Å². The summed E-state index contributed by atoms with van der Waals surface area (Å²) in [5, 5.41) is 8.33. The van der Waals surface area contributed by atoms with Crippen molar-refractivity contribution < 1.29 is 14.4 Å². The molecule has 5 nitrogen and oxygen atoms in total. The third-order valence-electron chi connectivity index (χ3n) is 3.89. The third kappa shape index (κ3) is 3.73. The molecule has 1 fully saturated rings. The minimum Gasteiger partial charge on any atom is -0.292 e. The van der Waals surface area contributed by atoms with Gasteiger partial charge in [0.15, 0.2) is 5.78 Å². The summed E-state index contributed by atoms with van der Waals surface area (Å²) in [6.07, 6.45) is 1.65. The summed E-state index contributed by atoms with van der Waals surface area (Å²) in [7, 11) is 0. The SMILES string of the molecule is Cc1ccc(C=C2SC(=O)N(CC(=O)c3ccc(C#N)cc3)C2=O)cc1. The maximum atomic E-state index is 12.5. The molecule has 1 heterocycles. The molecule has 2 aromatic carbocycles. The standard InChI is InChI=1S/C20H14N2O3S/c1-13-2-4-14(5-3-13)10-18-19(24)22(20(25)26-18)12-17(23)16-8-6-15(11-21)7-9-16/h2-10H,12H2,1H3. The molecule has 1 aliphatic heterocycles. The number of Topliss-reactive ketones (excluding diaryl/α,β-unsaturated/α-hetero) is 1. The van der Waals surface area contributed by atoms with E-state index in [1.807, 2.05) is 37.3 Å². The molecule has 128 valence electrons. The van der Waals surface area contributed by atoms with E-state index in [0.717, 1.165) is 27.8 Å². The minimum atomic E-state index is -0.470. The monoisotopic (exact) mass is 362 g/mol. The van der Waals surface area contributed by atoms with Crippen molar-refractivity contribution in [2.75, 3.05) is 6.54 Å². The maximum Gasteiger partial charge on any atom is 0.293 e. The van der Waals surface area contributed by atoms with E-state index in [0.29, 0.717) is 16.0 Å². The Hall–Kier alpha value is -3.17. The summed E-state index contributed by atoms with van der Waals surface area (Å²) in [5.74, 6) is -0.823. The van der Waals surface area contributed by atoms with Crippen molar-refractivity contribution >= 4 is 34.8 Å². The molecule has 0 atom stereocenters. The van der Waals surface area contributed by atoms with Gasteiger partial charge in [0.2, 0.25) is 0 Å². The smallest absolute Gasteiger partial charge is 0.292 e. The van der Waals surface area contributed by atoms with Gasteiger partial charge in [0.25, 0.3) is 11.1 Å². The molecule has 0 aliphatic carbocycles. The number of hydrogen-bond donors (Lipinski definition) is 0. The molecular weight excluding hydrogens is 348 g/mol. The lowest BCUT2D eigenvalue weighted by atomic mass is 10.1. The number of hydrogen-bond acceptors (Lipinski definition) is 5. The van der Waals surface area contributed by atoms with E-state index in [1.165, 1.54) is 24.3 Å². The molecule has 1 saturated heterocycles. The van der Waals surface area contributed by atoms with Crippen molar-refractivity contribution in [3.63, 3.8) is 0 Å². The van der Waals surface area contributed by atoms with Crippen LogP contribution >= 0.6 is 11.8 Å². The van der Waals surface area contributed by atoms with E-state index in [-0.39, 0.29) is 12.3 Å². The quantitative estimate of drug-likeness (QED) is 0.611. The summed E-state index contributed by atoms with van der Waals surface area (Å²) in [4.78, 5) is 38.2. The van der Waals surface area contributed by atoms with Crippen LogP contribution in [-0.2, 0) is 4.79 Å². The van der Waals surface area contributed by atoms with Gasteiger partial charge in [0.1, 0.15) is 0 Å². The first-order valence-corrected chi connectivity index (χ1v) is 8.65. The number of nitrogens with zero attached hydrogens (tertiary/aromatic N) is 2. The molecule has 0 bridgehead atoms. The summed E-state index contributed by atoms with van der Waals surface area (Å²) < 4.78 is 0. The van der Waals surface area contributed by atoms with Crippen LogP contribution in [0, 0.1) is 18.3 Å². The van der Waals surface area contributed by atoms with Crippen LogP contribution in [0.4, 0.5) is 4.79 Å². The van der Waals surface area contributed by atoms with Crippen molar-refractivity contribution in [2.24, 2.45) is 0 Å². The zero-order valence-electron chi connectivity index (χ0n) is 13.9. The highest BCUT2D eigenvalue weighted by atomic mass is 32.2. The number of benzene rings is 2. The van der Waals surface area contributed by atoms with Gasteiger partial charge in [0, 0.05) is 5.56 Å². The van der Waals surface area contributed by atoms with Crippen LogP contribution < -0.4 is 0 Å². The van der Waals surface area contributed by atoms with Crippen LogP contribution in [0.5, 0.6) is 0 Å². The number of aryl methyl sites for hydroxylation is 1. The molecule has 0 aromatic heterocycles. The fourth-order valence-electron chi connectivity index (χ4n) is 2.42. The molecule has 0 spiro atoms. The minimum absolute atomic E-state index is 0.298. The van der Waals surface area contributed by atoms with Gasteiger partial charge in [-0.1, -0.05) is 42.0 Å². The van der Waals surface area contributed by atoms with Crippen LogP contribution in [0.1, 0.15) is 27.0 Å². The molecule has 0 radical (unpaired) electrons. The maximum absolute atomic E-state index is 12.5. The first-order valence-electron chi connectivity index (χ1n) is 7.83. The second kappa shape index (κ2) is 7.38. The number of ketones is 1. The lowest BCUT2D eigenvalue weighted by molar-refractivity contribution is -0.122. The molecule has 2 aromatic rings. The summed E-state index contributed by atoms with van der Waals surface area (Å²) in [6, 6.07) is 15.6. The lowest BCUT2D eigenvalue weighted by Gasteiger charge is -2.11. The number of carbonyl (C=O) groups excluding carboxylic acids is 3. The van der Waals surface area contributed by atoms with Gasteiger partial charge in [-0.2, -0.15) is 5.26 Å². The number of nitriles is 1. The van der Waals surface area contributed by atoms with Crippen molar-refractivity contribution in [1.29, 1.82) is 5.26 Å². The van der Waals surface area contributed by atoms with Crippen LogP contribution in [0.2, 0.25) is 0 Å². The predicted molar refractivity (Wildman–Crippen MR) is 99.3 cm³/mol. The van der Waals surface area contributed by atoms with Gasteiger partial charge in [-0.3, -0.25) is 19.3 Å². The Labute approximate surface area is 154 Å². The molecule has 0 N–H and O–H groups in total. The predicted octanol–water partition coefficient (Wildman–Crippen LogP) is 3.79. The summed E-state index contributed by atoms with van der Waals surface area (Å²) >= 11 is 0.827. The van der Waals surface area contributed by atoms with Crippen molar-refractivity contribution in [1.82, 2.24) is 4.90 Å². The van der Waals surface area contributed by atoms with Gasteiger partial charge >= 0.3 is 0 Å². The van der Waals surface area contributed by atoms with Crippen molar-refractivity contribution in [3.05, 3.63) is 75.7 Å². The summed E-state index contributed by atoms with van der Waals surface area (Å²) in [6.45, 7) is 1.65. The highest BCUT2D eigenvalue weighted by Crippen LogP contribution is 2.32. The van der Waals surface area contributed by atoms with E-state index in [4.69, 9.17) is 5.26 Å². The Balaban J connectivity index is 1.75. The van der Waals surface area contributed by atoms with E-state index in [9.17, 15) is 14.4 Å². The van der Waals surface area contributed by atoms with E-state index < -0.39 is 11.1 Å². The number of thioether (sulfide) groups is 1. The Morgan fingerprint density at radius 2 is 1.77 bits per heavy atom. The van der Waals surface area contributed by atoms with Gasteiger partial charge in [0.05, 0.1) is 23.1 Å². The average Bonchev–Trinajstić information content (AvgIpc) is 2.91. The van der Waals surface area contributed by atoms with E-state index in [1.54, 1.807) is 6.08 Å². The molecule has 3 rings (SSSR count). The average molecular weight is 362 g/mol. The van der Waals surface area contributed by atoms with Crippen molar-refractivity contribution in [3.8, 4) is 6.07 Å². The van der Waals surface area contributed by atoms with Gasteiger partial charge < -0.3 is 0 Å². The van der Waals surface area contributed by atoms with E-state index >= 15 is 0 Å². The molecule has 26 heavy (non-hydrogen) atoms. The lowest BCUT2D eigenvalue weighted by Crippen LogP contribution is -2.33. The fourth-order valence-corrected chi connectivity index (χ4v) is 3.25. The Kier molecular flexibility index (Phi) is 5.01. The second-order valence-corrected chi connectivity index (χ2v) is 6.78. The van der Waals surface area contributed by atoms with E-state index in [2.05, 4.69) is 0 Å². The molecule has 2 amide bonds. The highest BCUT2D eigenvalue weighted by Gasteiger charge is 2.36. The molecule has 6 heteroatoms. The Morgan fingerprint density at radius 3 is 2.38 bits per heavy atom. The number of amides is 2. The third-order valence-corrected chi connectivity index (χ3v) is 4.79. The Bertz CT molecular complexity index is 954. The van der Waals surface area contributed by atoms with Crippen LogP contribution in [0.15, 0.2) is 53.4 Å². The van der Waals surface area contributed by atoms with Gasteiger partial charge in [-0.05, 0) is 42.5 Å². The summed E-state index contributed by atoms with van der Waals surface area (Å²) in [5.41, 5.74) is 2.71. The molecule has 1 aliphatic rings. The van der Waals surface area contributed by atoms with Gasteiger partial charge in [-0.25, -0.2) is 0 Å². The first-order chi connectivity index (χ1) is 12.5.